The highest BCUT2D eigenvalue weighted by Crippen LogP contribution is 2.23. The minimum absolute atomic E-state index is 0.128. The number of halogens is 1. The van der Waals surface area contributed by atoms with Crippen molar-refractivity contribution in [2.75, 3.05) is 6.61 Å². The van der Waals surface area contributed by atoms with Gasteiger partial charge in [0.2, 0.25) is 0 Å². The quantitative estimate of drug-likeness (QED) is 0.254. The van der Waals surface area contributed by atoms with Gasteiger partial charge in [-0.2, -0.15) is 0 Å². The maximum atomic E-state index is 12.8. The van der Waals surface area contributed by atoms with Gasteiger partial charge in [-0.25, -0.2) is 4.79 Å². The van der Waals surface area contributed by atoms with E-state index in [2.05, 4.69) is 5.32 Å². The summed E-state index contributed by atoms with van der Waals surface area (Å²) >= 11 is 5.96. The molecule has 2 aromatic carbocycles. The Kier molecular flexibility index (Phi) is 6.66. The molecule has 0 aliphatic heterocycles. The molecule has 0 bridgehead atoms. The van der Waals surface area contributed by atoms with Crippen LogP contribution in [0.5, 0.6) is 0 Å². The molecular weight excluding hydrogens is 428 g/mol. The van der Waals surface area contributed by atoms with Crippen molar-refractivity contribution < 1.29 is 23.7 Å². The number of carbonyl (C=O) groups is 2. The molecule has 0 saturated heterocycles. The third-order valence-electron chi connectivity index (χ3n) is 4.40. The third-order valence-corrected chi connectivity index (χ3v) is 4.64. The molecule has 1 amide bonds. The van der Waals surface area contributed by atoms with E-state index in [0.29, 0.717) is 16.0 Å². The number of nitro benzene ring substituents is 1. The van der Waals surface area contributed by atoms with Crippen molar-refractivity contribution in [1.82, 2.24) is 5.32 Å². The molecule has 1 atom stereocenters. The molecule has 0 radical (unpaired) electrons. The zero-order valence-electron chi connectivity index (χ0n) is 16.3. The molecular formula is C21H17ClN2O7. The first-order valence-corrected chi connectivity index (χ1v) is 9.60. The monoisotopic (exact) mass is 444 g/mol. The third kappa shape index (κ3) is 5.26. The molecule has 1 aromatic heterocycles. The summed E-state index contributed by atoms with van der Waals surface area (Å²) < 4.78 is 10.1. The number of nitrogens with zero attached hydrogens (tertiary/aromatic N) is 1. The van der Waals surface area contributed by atoms with Gasteiger partial charge in [-0.3, -0.25) is 19.7 Å². The molecule has 0 aliphatic carbocycles. The maximum Gasteiger partial charge on any atom is 0.349 e. The van der Waals surface area contributed by atoms with Gasteiger partial charge in [-0.1, -0.05) is 23.7 Å². The summed E-state index contributed by atoms with van der Waals surface area (Å²) in [5.74, 6) is -1.42. The normalized spacial score (nSPS) is 11.7. The van der Waals surface area contributed by atoms with E-state index in [0.717, 1.165) is 0 Å². The number of ether oxygens (including phenoxy) is 1. The van der Waals surface area contributed by atoms with E-state index in [9.17, 15) is 24.5 Å². The second kappa shape index (κ2) is 9.40. The number of hydrogen-bond acceptors (Lipinski definition) is 7. The second-order valence-corrected chi connectivity index (χ2v) is 6.95. The highest BCUT2D eigenvalue weighted by Gasteiger charge is 2.24. The first-order chi connectivity index (χ1) is 14.8. The lowest BCUT2D eigenvalue weighted by Crippen LogP contribution is -2.33. The Morgan fingerprint density at radius 1 is 1.23 bits per heavy atom. The zero-order valence-corrected chi connectivity index (χ0v) is 17.0. The Morgan fingerprint density at radius 2 is 2.00 bits per heavy atom. The van der Waals surface area contributed by atoms with Crippen molar-refractivity contribution in [3.8, 4) is 0 Å². The van der Waals surface area contributed by atoms with Gasteiger partial charge in [0, 0.05) is 22.5 Å². The minimum Gasteiger partial charge on any atom is -0.466 e. The van der Waals surface area contributed by atoms with Crippen molar-refractivity contribution in [1.29, 1.82) is 0 Å². The number of carbonyl (C=O) groups excluding carboxylic acids is 2. The first-order valence-electron chi connectivity index (χ1n) is 9.22. The number of benzene rings is 2. The highest BCUT2D eigenvalue weighted by atomic mass is 35.5. The van der Waals surface area contributed by atoms with Crippen molar-refractivity contribution in [3.63, 3.8) is 0 Å². The van der Waals surface area contributed by atoms with Crippen molar-refractivity contribution in [2.24, 2.45) is 0 Å². The van der Waals surface area contributed by atoms with Crippen molar-refractivity contribution >= 4 is 40.1 Å². The van der Waals surface area contributed by atoms with Crippen LogP contribution in [0, 0.1) is 10.1 Å². The molecule has 1 N–H and O–H groups in total. The molecule has 0 spiro atoms. The summed E-state index contributed by atoms with van der Waals surface area (Å²) in [5.41, 5.74) is -0.813. The predicted molar refractivity (Wildman–Crippen MR) is 112 cm³/mol. The lowest BCUT2D eigenvalue weighted by molar-refractivity contribution is -0.384. The Hall–Kier alpha value is -3.72. The number of rotatable bonds is 7. The Labute approximate surface area is 180 Å². The molecule has 1 heterocycles. The van der Waals surface area contributed by atoms with Gasteiger partial charge in [0.05, 0.1) is 24.0 Å². The smallest absolute Gasteiger partial charge is 0.349 e. The molecule has 10 heteroatoms. The van der Waals surface area contributed by atoms with E-state index >= 15 is 0 Å². The number of nitro groups is 1. The molecule has 31 heavy (non-hydrogen) atoms. The number of fused-ring (bicyclic) bond motifs is 1. The average molecular weight is 445 g/mol. The topological polar surface area (TPSA) is 129 Å². The van der Waals surface area contributed by atoms with Crippen LogP contribution in [0.15, 0.2) is 57.7 Å². The Balaban J connectivity index is 1.96. The fraction of sp³-hybridized carbons (Fsp3) is 0.190. The Morgan fingerprint density at radius 3 is 2.71 bits per heavy atom. The summed E-state index contributed by atoms with van der Waals surface area (Å²) in [4.78, 5) is 47.7. The van der Waals surface area contributed by atoms with Gasteiger partial charge < -0.3 is 14.5 Å². The molecule has 0 saturated carbocycles. The number of nitrogens with one attached hydrogen (secondary N) is 1. The van der Waals surface area contributed by atoms with Gasteiger partial charge in [0.15, 0.2) is 0 Å². The van der Waals surface area contributed by atoms with Crippen LogP contribution in [0.25, 0.3) is 11.0 Å². The number of esters is 1. The van der Waals surface area contributed by atoms with Crippen LogP contribution in [-0.2, 0) is 9.53 Å². The van der Waals surface area contributed by atoms with Crippen LogP contribution in [0.4, 0.5) is 5.69 Å². The van der Waals surface area contributed by atoms with Crippen LogP contribution in [0.2, 0.25) is 5.02 Å². The molecule has 0 aliphatic rings. The van der Waals surface area contributed by atoms with E-state index in [1.165, 1.54) is 42.5 Å². The van der Waals surface area contributed by atoms with Crippen LogP contribution < -0.4 is 10.9 Å². The van der Waals surface area contributed by atoms with Crippen molar-refractivity contribution in [3.05, 3.63) is 85.2 Å². The highest BCUT2D eigenvalue weighted by molar-refractivity contribution is 6.31. The summed E-state index contributed by atoms with van der Waals surface area (Å²) in [6.45, 7) is 1.76. The van der Waals surface area contributed by atoms with Crippen LogP contribution >= 0.6 is 11.6 Å². The van der Waals surface area contributed by atoms with Crippen LogP contribution in [-0.4, -0.2) is 23.4 Å². The van der Waals surface area contributed by atoms with Gasteiger partial charge in [0.25, 0.3) is 11.6 Å². The fourth-order valence-electron chi connectivity index (χ4n) is 2.98. The van der Waals surface area contributed by atoms with E-state index in [1.807, 2.05) is 0 Å². The molecule has 3 rings (SSSR count). The molecule has 160 valence electrons. The Bertz CT molecular complexity index is 1220. The van der Waals surface area contributed by atoms with Gasteiger partial charge in [-0.15, -0.1) is 0 Å². The standard InChI is InChI=1S/C21H17ClN2O7/c1-2-30-19(25)11-17(12-4-3-5-15(9-12)24(28)29)23-20(26)16-10-13-8-14(22)6-7-18(13)31-21(16)27/h3-10,17H,2,11H2,1H3,(H,23,26)/t17-/m0/s1. The van der Waals surface area contributed by atoms with E-state index in [4.69, 9.17) is 20.8 Å². The summed E-state index contributed by atoms with van der Waals surface area (Å²) in [5, 5.41) is 14.5. The number of non-ortho nitro benzene ring substituents is 1. The van der Waals surface area contributed by atoms with E-state index in [-0.39, 0.29) is 29.9 Å². The molecule has 0 fully saturated rings. The lowest BCUT2D eigenvalue weighted by atomic mass is 10.0. The SMILES string of the molecule is CCOC(=O)C[C@H](NC(=O)c1cc2cc(Cl)ccc2oc1=O)c1cccc([N+](=O)[O-])c1. The van der Waals surface area contributed by atoms with Crippen molar-refractivity contribution in [2.45, 2.75) is 19.4 Å². The summed E-state index contributed by atoms with van der Waals surface area (Å²) in [6.07, 6.45) is -0.286. The van der Waals surface area contributed by atoms with Gasteiger partial charge >= 0.3 is 11.6 Å². The fourth-order valence-corrected chi connectivity index (χ4v) is 3.16. The van der Waals surface area contributed by atoms with Gasteiger partial charge in [-0.05, 0) is 36.8 Å². The van der Waals surface area contributed by atoms with E-state index < -0.39 is 28.5 Å². The molecule has 9 nitrogen and oxygen atoms in total. The van der Waals surface area contributed by atoms with Crippen LogP contribution in [0.3, 0.4) is 0 Å². The van der Waals surface area contributed by atoms with E-state index in [1.54, 1.807) is 13.0 Å². The maximum absolute atomic E-state index is 12.8. The lowest BCUT2D eigenvalue weighted by Gasteiger charge is -2.18. The predicted octanol–water partition coefficient (Wildman–Crippen LogP) is 3.78. The average Bonchev–Trinajstić information content (AvgIpc) is 2.73. The second-order valence-electron chi connectivity index (χ2n) is 6.52. The molecule has 3 aromatic rings. The summed E-state index contributed by atoms with van der Waals surface area (Å²) in [7, 11) is 0. The van der Waals surface area contributed by atoms with Crippen LogP contribution in [0.1, 0.15) is 35.3 Å². The zero-order chi connectivity index (χ0) is 22.5. The first kappa shape index (κ1) is 22.0. The van der Waals surface area contributed by atoms with Gasteiger partial charge in [0.1, 0.15) is 11.1 Å². The summed E-state index contributed by atoms with van der Waals surface area (Å²) in [6, 6.07) is 10.4. The number of hydrogen-bond donors (Lipinski definition) is 1. The minimum atomic E-state index is -0.971. The number of amides is 1. The molecule has 0 unspecified atom stereocenters. The largest absolute Gasteiger partial charge is 0.466 e.